The molecule has 0 aromatic heterocycles. The van der Waals surface area contributed by atoms with Crippen molar-refractivity contribution in [3.05, 3.63) is 0 Å². The fraction of sp³-hybridized carbons (Fsp3) is 0.857. The van der Waals surface area contributed by atoms with Gasteiger partial charge in [-0.25, -0.2) is 10.2 Å². The molecule has 1 rings (SSSR count). The molecule has 1 unspecified atom stereocenters. The first kappa shape index (κ1) is 16.9. The highest BCUT2D eigenvalue weighted by Gasteiger charge is 2.41. The highest BCUT2D eigenvalue weighted by Crippen LogP contribution is 2.30. The van der Waals surface area contributed by atoms with Gasteiger partial charge in [-0.05, 0) is 33.1 Å². The molecule has 0 saturated carbocycles. The number of nitrogens with one attached hydrogen (secondary N) is 1. The van der Waals surface area contributed by atoms with E-state index in [9.17, 15) is 9.59 Å². The highest BCUT2D eigenvalue weighted by molar-refractivity contribution is 5.87. The average molecular weight is 285 g/mol. The van der Waals surface area contributed by atoms with Gasteiger partial charge in [0.25, 0.3) is 0 Å². The Bertz CT molecular complexity index is 374. The van der Waals surface area contributed by atoms with Crippen molar-refractivity contribution in [2.24, 2.45) is 11.1 Å². The first-order valence-electron chi connectivity index (χ1n) is 7.02. The van der Waals surface area contributed by atoms with Gasteiger partial charge < -0.3 is 10.5 Å². The van der Waals surface area contributed by atoms with Gasteiger partial charge in [0.15, 0.2) is 0 Å². The second-order valence-electron chi connectivity index (χ2n) is 6.81. The Labute approximate surface area is 121 Å². The number of nitrogens with zero attached hydrogens (tertiary/aromatic N) is 1. The summed E-state index contributed by atoms with van der Waals surface area (Å²) >= 11 is 0. The molecule has 1 fully saturated rings. The summed E-state index contributed by atoms with van der Waals surface area (Å²) in [5.41, 5.74) is 7.95. The topological polar surface area (TPSA) is 84.7 Å². The minimum Gasteiger partial charge on any atom is -0.467 e. The Hall–Kier alpha value is -1.14. The number of nitrogens with two attached hydrogens (primary N) is 1. The van der Waals surface area contributed by atoms with Crippen LogP contribution in [0.4, 0.5) is 0 Å². The summed E-state index contributed by atoms with van der Waals surface area (Å²) in [6, 6.07) is -0.554. The van der Waals surface area contributed by atoms with Crippen LogP contribution in [0.5, 0.6) is 0 Å². The molecular formula is C14H27N3O3. The zero-order valence-corrected chi connectivity index (χ0v) is 13.2. The van der Waals surface area contributed by atoms with Crippen molar-refractivity contribution in [3.63, 3.8) is 0 Å². The van der Waals surface area contributed by atoms with Crippen LogP contribution in [0, 0.1) is 5.41 Å². The van der Waals surface area contributed by atoms with Gasteiger partial charge in [0, 0.05) is 17.5 Å². The SMILES string of the molecule is COC(=O)C1CCCNN1C(=O)C(C)(C)CC(C)(C)N. The minimum absolute atomic E-state index is 0.119. The maximum atomic E-state index is 12.7. The number of hydrazine groups is 1. The van der Waals surface area contributed by atoms with Crippen molar-refractivity contribution in [3.8, 4) is 0 Å². The van der Waals surface area contributed by atoms with E-state index in [1.165, 1.54) is 12.1 Å². The second-order valence-corrected chi connectivity index (χ2v) is 6.81. The molecule has 1 saturated heterocycles. The minimum atomic E-state index is -0.644. The lowest BCUT2D eigenvalue weighted by Crippen LogP contribution is -2.60. The van der Waals surface area contributed by atoms with Crippen molar-refractivity contribution in [1.29, 1.82) is 0 Å². The van der Waals surface area contributed by atoms with Crippen molar-refractivity contribution >= 4 is 11.9 Å². The quantitative estimate of drug-likeness (QED) is 0.747. The Morgan fingerprint density at radius 2 is 1.95 bits per heavy atom. The van der Waals surface area contributed by atoms with Crippen LogP contribution >= 0.6 is 0 Å². The lowest BCUT2D eigenvalue weighted by atomic mass is 9.79. The number of carbonyl (C=O) groups excluding carboxylic acids is 2. The van der Waals surface area contributed by atoms with Gasteiger partial charge in [0.2, 0.25) is 5.91 Å². The van der Waals surface area contributed by atoms with E-state index in [-0.39, 0.29) is 11.9 Å². The normalized spacial score (nSPS) is 20.7. The van der Waals surface area contributed by atoms with E-state index in [2.05, 4.69) is 5.43 Å². The lowest BCUT2D eigenvalue weighted by Gasteiger charge is -2.40. The third kappa shape index (κ3) is 4.18. The predicted octanol–water partition coefficient (Wildman–Crippen LogP) is 0.809. The van der Waals surface area contributed by atoms with Crippen molar-refractivity contribution in [2.45, 2.75) is 58.5 Å². The van der Waals surface area contributed by atoms with Crippen molar-refractivity contribution < 1.29 is 14.3 Å². The van der Waals surface area contributed by atoms with Gasteiger partial charge in [-0.3, -0.25) is 9.80 Å². The number of carbonyl (C=O) groups is 2. The predicted molar refractivity (Wildman–Crippen MR) is 76.6 cm³/mol. The van der Waals surface area contributed by atoms with Gasteiger partial charge in [0.1, 0.15) is 6.04 Å². The van der Waals surface area contributed by atoms with Crippen LogP contribution in [0.2, 0.25) is 0 Å². The largest absolute Gasteiger partial charge is 0.467 e. The van der Waals surface area contributed by atoms with E-state index in [4.69, 9.17) is 10.5 Å². The summed E-state index contributed by atoms with van der Waals surface area (Å²) in [5.74, 6) is -0.500. The smallest absolute Gasteiger partial charge is 0.330 e. The summed E-state index contributed by atoms with van der Waals surface area (Å²) in [4.78, 5) is 24.5. The van der Waals surface area contributed by atoms with Gasteiger partial charge >= 0.3 is 5.97 Å². The Morgan fingerprint density at radius 1 is 1.35 bits per heavy atom. The van der Waals surface area contributed by atoms with E-state index >= 15 is 0 Å². The number of methoxy groups -OCH3 is 1. The van der Waals surface area contributed by atoms with Crippen LogP contribution in [-0.2, 0) is 14.3 Å². The molecule has 0 aromatic rings. The van der Waals surface area contributed by atoms with Gasteiger partial charge in [0.05, 0.1) is 7.11 Å². The van der Waals surface area contributed by atoms with E-state index in [1.54, 1.807) is 0 Å². The van der Waals surface area contributed by atoms with Gasteiger partial charge in [-0.1, -0.05) is 13.8 Å². The van der Waals surface area contributed by atoms with Crippen LogP contribution in [0.15, 0.2) is 0 Å². The third-order valence-electron chi connectivity index (χ3n) is 3.42. The maximum Gasteiger partial charge on any atom is 0.330 e. The average Bonchev–Trinajstić information content (AvgIpc) is 2.34. The lowest BCUT2D eigenvalue weighted by molar-refractivity contribution is -0.163. The van der Waals surface area contributed by atoms with Crippen LogP contribution in [0.1, 0.15) is 47.0 Å². The van der Waals surface area contributed by atoms with E-state index in [0.717, 1.165) is 6.42 Å². The number of hydrogen-bond acceptors (Lipinski definition) is 5. The first-order chi connectivity index (χ1) is 9.08. The fourth-order valence-corrected chi connectivity index (χ4v) is 2.85. The monoisotopic (exact) mass is 285 g/mol. The Balaban J connectivity index is 2.89. The van der Waals surface area contributed by atoms with E-state index in [0.29, 0.717) is 19.4 Å². The first-order valence-corrected chi connectivity index (χ1v) is 7.02. The van der Waals surface area contributed by atoms with E-state index in [1.807, 2.05) is 27.7 Å². The van der Waals surface area contributed by atoms with Crippen molar-refractivity contribution in [1.82, 2.24) is 10.4 Å². The number of esters is 1. The molecule has 3 N–H and O–H groups in total. The molecule has 0 radical (unpaired) electrons. The third-order valence-corrected chi connectivity index (χ3v) is 3.42. The number of amides is 1. The van der Waals surface area contributed by atoms with Crippen LogP contribution in [0.25, 0.3) is 0 Å². The maximum absolute atomic E-state index is 12.7. The molecule has 0 aromatic carbocycles. The molecule has 6 heteroatoms. The zero-order valence-electron chi connectivity index (χ0n) is 13.2. The molecule has 1 atom stereocenters. The number of rotatable bonds is 4. The van der Waals surface area contributed by atoms with Crippen LogP contribution < -0.4 is 11.2 Å². The summed E-state index contributed by atoms with van der Waals surface area (Å²) in [6.45, 7) is 8.18. The Morgan fingerprint density at radius 3 is 2.45 bits per heavy atom. The van der Waals surface area contributed by atoms with Gasteiger partial charge in [-0.15, -0.1) is 0 Å². The molecular weight excluding hydrogens is 258 g/mol. The number of ether oxygens (including phenoxy) is 1. The highest BCUT2D eigenvalue weighted by atomic mass is 16.5. The van der Waals surface area contributed by atoms with Crippen LogP contribution in [0.3, 0.4) is 0 Å². The molecule has 1 heterocycles. The van der Waals surface area contributed by atoms with Gasteiger partial charge in [-0.2, -0.15) is 0 Å². The van der Waals surface area contributed by atoms with Crippen molar-refractivity contribution in [2.75, 3.05) is 13.7 Å². The second kappa shape index (κ2) is 6.10. The summed E-state index contributed by atoms with van der Waals surface area (Å²) in [6.07, 6.45) is 1.99. The summed E-state index contributed by atoms with van der Waals surface area (Å²) in [7, 11) is 1.34. The molecule has 1 aliphatic heterocycles. The Kier molecular flexibility index (Phi) is 5.15. The molecule has 1 amide bonds. The summed E-state index contributed by atoms with van der Waals surface area (Å²) in [5, 5.41) is 1.43. The molecule has 6 nitrogen and oxygen atoms in total. The molecule has 0 bridgehead atoms. The van der Waals surface area contributed by atoms with Crippen LogP contribution in [-0.4, -0.2) is 42.1 Å². The molecule has 1 aliphatic rings. The molecule has 116 valence electrons. The summed E-state index contributed by atoms with van der Waals surface area (Å²) < 4.78 is 4.79. The molecule has 20 heavy (non-hydrogen) atoms. The fourth-order valence-electron chi connectivity index (χ4n) is 2.85. The number of hydrogen-bond donors (Lipinski definition) is 2. The molecule has 0 spiro atoms. The van der Waals surface area contributed by atoms with E-state index < -0.39 is 17.0 Å². The zero-order chi connectivity index (χ0) is 15.6. The standard InChI is InChI=1S/C14H27N3O3/c1-13(2,9-14(3,4)15)12(19)17-10(11(18)20-5)7-6-8-16-17/h10,16H,6-9,15H2,1-5H3. The molecule has 0 aliphatic carbocycles.